The highest BCUT2D eigenvalue weighted by Crippen LogP contribution is 2.21. The van der Waals surface area contributed by atoms with E-state index >= 15 is 0 Å². The van der Waals surface area contributed by atoms with Crippen LogP contribution in [0.5, 0.6) is 0 Å². The van der Waals surface area contributed by atoms with Crippen LogP contribution in [-0.4, -0.2) is 59.4 Å². The Hall–Kier alpha value is -2.17. The van der Waals surface area contributed by atoms with Gasteiger partial charge >= 0.3 is 0 Å². The van der Waals surface area contributed by atoms with E-state index in [0.29, 0.717) is 32.7 Å². The van der Waals surface area contributed by atoms with Gasteiger partial charge in [-0.1, -0.05) is 5.16 Å². The lowest BCUT2D eigenvalue weighted by Crippen LogP contribution is -2.48. The molecule has 0 spiro atoms. The van der Waals surface area contributed by atoms with Gasteiger partial charge in [-0.15, -0.1) is 0 Å². The summed E-state index contributed by atoms with van der Waals surface area (Å²) in [5.41, 5.74) is 7.35. The third-order valence-corrected chi connectivity index (χ3v) is 6.63. The van der Waals surface area contributed by atoms with E-state index in [2.05, 4.69) is 10.1 Å². The van der Waals surface area contributed by atoms with E-state index in [1.807, 2.05) is 13.8 Å². The van der Waals surface area contributed by atoms with Crippen molar-refractivity contribution in [2.75, 3.05) is 26.2 Å². The molecule has 1 aliphatic heterocycles. The number of rotatable bonds is 5. The zero-order chi connectivity index (χ0) is 19.1. The van der Waals surface area contributed by atoms with Crippen molar-refractivity contribution in [1.29, 1.82) is 0 Å². The van der Waals surface area contributed by atoms with Crippen molar-refractivity contribution in [3.05, 3.63) is 35.0 Å². The Morgan fingerprint density at radius 3 is 2.42 bits per heavy atom. The molecule has 1 aliphatic rings. The molecule has 2 aromatic rings. The number of primary amides is 1. The number of hydrogen-bond acceptors (Lipinski definition) is 6. The van der Waals surface area contributed by atoms with Crippen molar-refractivity contribution in [3.63, 3.8) is 0 Å². The summed E-state index contributed by atoms with van der Waals surface area (Å²) in [7, 11) is -2.05. The molecule has 3 rings (SSSR count). The zero-order valence-electron chi connectivity index (χ0n) is 15.1. The largest absolute Gasteiger partial charge is 0.364 e. The van der Waals surface area contributed by atoms with Crippen LogP contribution in [0.3, 0.4) is 0 Å². The van der Waals surface area contributed by atoms with Crippen LogP contribution in [0.2, 0.25) is 0 Å². The molecule has 0 aliphatic carbocycles. The molecule has 1 saturated heterocycles. The van der Waals surface area contributed by atoms with Gasteiger partial charge in [-0.2, -0.15) is 4.31 Å². The number of carbonyl (C=O) groups excluding carboxylic acids is 1. The van der Waals surface area contributed by atoms with Gasteiger partial charge in [0.1, 0.15) is 16.3 Å². The Morgan fingerprint density at radius 1 is 1.27 bits per heavy atom. The average Bonchev–Trinajstić information content (AvgIpc) is 3.13. The van der Waals surface area contributed by atoms with Crippen molar-refractivity contribution < 1.29 is 17.7 Å². The summed E-state index contributed by atoms with van der Waals surface area (Å²) < 4.78 is 33.7. The standard InChI is InChI=1S/C16H23N5O4S/c1-11-14(12(2)25-18-11)10-20-4-6-21(7-5-20)26(23,24)13-8-15(16(17)22)19(3)9-13/h8-9H,4-7,10H2,1-3H3,(H2,17,22). The fraction of sp³-hybridized carbons (Fsp3) is 0.500. The van der Waals surface area contributed by atoms with E-state index < -0.39 is 15.9 Å². The quantitative estimate of drug-likeness (QED) is 0.793. The van der Waals surface area contributed by atoms with Crippen LogP contribution in [0.1, 0.15) is 27.5 Å². The number of sulfonamides is 1. The molecule has 2 N–H and O–H groups in total. The van der Waals surface area contributed by atoms with E-state index in [9.17, 15) is 13.2 Å². The highest BCUT2D eigenvalue weighted by Gasteiger charge is 2.30. The molecule has 0 saturated carbocycles. The second-order valence-electron chi connectivity index (χ2n) is 6.52. The highest BCUT2D eigenvalue weighted by atomic mass is 32.2. The summed E-state index contributed by atoms with van der Waals surface area (Å²) in [6, 6.07) is 1.33. The number of piperazine rings is 1. The first kappa shape index (κ1) is 18.6. The number of aryl methyl sites for hydroxylation is 3. The molecule has 9 nitrogen and oxygen atoms in total. The van der Waals surface area contributed by atoms with Gasteiger partial charge < -0.3 is 14.8 Å². The topological polar surface area (TPSA) is 115 Å². The first-order valence-electron chi connectivity index (χ1n) is 8.30. The summed E-state index contributed by atoms with van der Waals surface area (Å²) in [6.07, 6.45) is 1.42. The Morgan fingerprint density at radius 2 is 1.92 bits per heavy atom. The summed E-state index contributed by atoms with van der Waals surface area (Å²) >= 11 is 0. The van der Waals surface area contributed by atoms with Crippen LogP contribution >= 0.6 is 0 Å². The first-order valence-corrected chi connectivity index (χ1v) is 9.74. The number of aromatic nitrogens is 2. The number of hydrogen-bond donors (Lipinski definition) is 1. The number of amides is 1. The Labute approximate surface area is 152 Å². The SMILES string of the molecule is Cc1noc(C)c1CN1CCN(S(=O)(=O)c2cc(C(N)=O)n(C)c2)CC1. The van der Waals surface area contributed by atoms with Gasteiger partial charge in [-0.3, -0.25) is 9.69 Å². The molecule has 0 atom stereocenters. The maximum atomic E-state index is 12.8. The monoisotopic (exact) mass is 381 g/mol. The Kier molecular flexibility index (Phi) is 4.91. The van der Waals surface area contributed by atoms with Gasteiger partial charge in [0, 0.05) is 51.5 Å². The fourth-order valence-corrected chi connectivity index (χ4v) is 4.64. The third kappa shape index (κ3) is 3.39. The van der Waals surface area contributed by atoms with Crippen LogP contribution < -0.4 is 5.73 Å². The van der Waals surface area contributed by atoms with Gasteiger partial charge in [0.2, 0.25) is 10.0 Å². The molecule has 1 amide bonds. The first-order chi connectivity index (χ1) is 12.2. The van der Waals surface area contributed by atoms with Crippen molar-refractivity contribution in [1.82, 2.24) is 18.9 Å². The molecule has 0 unspecified atom stereocenters. The van der Waals surface area contributed by atoms with Gasteiger partial charge in [-0.25, -0.2) is 8.42 Å². The van der Waals surface area contributed by atoms with Crippen molar-refractivity contribution in [3.8, 4) is 0 Å². The molecule has 26 heavy (non-hydrogen) atoms. The summed E-state index contributed by atoms with van der Waals surface area (Å²) in [6.45, 7) is 6.45. The van der Waals surface area contributed by atoms with E-state index in [1.54, 1.807) is 7.05 Å². The maximum Gasteiger partial charge on any atom is 0.265 e. The van der Waals surface area contributed by atoms with E-state index in [4.69, 9.17) is 10.3 Å². The minimum atomic E-state index is -3.65. The van der Waals surface area contributed by atoms with Crippen LogP contribution in [0.15, 0.2) is 21.7 Å². The molecule has 0 radical (unpaired) electrons. The normalized spacial score (nSPS) is 16.9. The minimum Gasteiger partial charge on any atom is -0.364 e. The van der Waals surface area contributed by atoms with Crippen molar-refractivity contribution in [2.24, 2.45) is 12.8 Å². The Balaban J connectivity index is 1.69. The molecule has 142 valence electrons. The number of carbonyl (C=O) groups is 1. The highest BCUT2D eigenvalue weighted by molar-refractivity contribution is 7.89. The van der Waals surface area contributed by atoms with Gasteiger partial charge in [-0.05, 0) is 19.9 Å². The molecule has 1 fully saturated rings. The van der Waals surface area contributed by atoms with Crippen molar-refractivity contribution in [2.45, 2.75) is 25.3 Å². The predicted octanol–water partition coefficient (Wildman–Crippen LogP) is 0.235. The molecule has 0 aromatic carbocycles. The summed E-state index contributed by atoms with van der Waals surface area (Å²) in [5.74, 6) is 0.138. The second-order valence-corrected chi connectivity index (χ2v) is 8.46. The van der Waals surface area contributed by atoms with Gasteiger partial charge in [0.25, 0.3) is 5.91 Å². The van der Waals surface area contributed by atoms with E-state index in [-0.39, 0.29) is 10.6 Å². The minimum absolute atomic E-state index is 0.0907. The number of nitrogens with zero attached hydrogens (tertiary/aromatic N) is 4. The maximum absolute atomic E-state index is 12.8. The van der Waals surface area contributed by atoms with Crippen LogP contribution in [-0.2, 0) is 23.6 Å². The van der Waals surface area contributed by atoms with Crippen LogP contribution in [0, 0.1) is 13.8 Å². The lowest BCUT2D eigenvalue weighted by Gasteiger charge is -2.33. The molecule has 10 heteroatoms. The average molecular weight is 381 g/mol. The molecule has 2 aromatic heterocycles. The van der Waals surface area contributed by atoms with Gasteiger partial charge in [0.15, 0.2) is 0 Å². The number of nitrogens with two attached hydrogens (primary N) is 1. The predicted molar refractivity (Wildman–Crippen MR) is 93.9 cm³/mol. The van der Waals surface area contributed by atoms with Crippen molar-refractivity contribution >= 4 is 15.9 Å². The van der Waals surface area contributed by atoms with E-state index in [1.165, 1.54) is 21.1 Å². The lowest BCUT2D eigenvalue weighted by atomic mass is 10.2. The smallest absolute Gasteiger partial charge is 0.265 e. The lowest BCUT2D eigenvalue weighted by molar-refractivity contribution is 0.0992. The van der Waals surface area contributed by atoms with Crippen LogP contribution in [0.4, 0.5) is 0 Å². The second kappa shape index (κ2) is 6.86. The van der Waals surface area contributed by atoms with Crippen LogP contribution in [0.25, 0.3) is 0 Å². The summed E-state index contributed by atoms with van der Waals surface area (Å²) in [5, 5.41) is 3.95. The third-order valence-electron chi connectivity index (χ3n) is 4.76. The molecular weight excluding hydrogens is 358 g/mol. The van der Waals surface area contributed by atoms with E-state index in [0.717, 1.165) is 17.0 Å². The van der Waals surface area contributed by atoms with Gasteiger partial charge in [0.05, 0.1) is 5.69 Å². The molecule has 0 bridgehead atoms. The Bertz CT molecular complexity index is 903. The zero-order valence-corrected chi connectivity index (χ0v) is 15.9. The summed E-state index contributed by atoms with van der Waals surface area (Å²) in [4.78, 5) is 13.6. The fourth-order valence-electron chi connectivity index (χ4n) is 3.15. The molecule has 3 heterocycles. The molecular formula is C16H23N5O4S.